The number of nitro benzene ring substituents is 1. The number of halogens is 4. The highest BCUT2D eigenvalue weighted by molar-refractivity contribution is 7.87. The van der Waals surface area contributed by atoms with Gasteiger partial charge in [-0.05, 0) is 37.6 Å². The van der Waals surface area contributed by atoms with Crippen molar-refractivity contribution in [1.82, 2.24) is 0 Å². The first-order valence-electron chi connectivity index (χ1n) is 13.3. The zero-order valence-corrected chi connectivity index (χ0v) is 24.7. The first-order chi connectivity index (χ1) is 22.2. The van der Waals surface area contributed by atoms with Gasteiger partial charge in [-0.1, -0.05) is 18.2 Å². The van der Waals surface area contributed by atoms with Crippen molar-refractivity contribution in [3.8, 4) is 39.7 Å². The van der Waals surface area contributed by atoms with Crippen molar-refractivity contribution in [3.05, 3.63) is 97.7 Å². The van der Waals surface area contributed by atoms with Crippen LogP contribution in [0.5, 0.6) is 17.2 Å². The van der Waals surface area contributed by atoms with Gasteiger partial charge in [-0.2, -0.15) is 17.2 Å². The van der Waals surface area contributed by atoms with Gasteiger partial charge in [0.2, 0.25) is 17.4 Å². The van der Waals surface area contributed by atoms with Gasteiger partial charge in [0.05, 0.1) is 29.8 Å². The van der Waals surface area contributed by atoms with Crippen molar-refractivity contribution in [1.29, 1.82) is 0 Å². The Morgan fingerprint density at radius 2 is 1.57 bits per heavy atom. The molecule has 47 heavy (non-hydrogen) atoms. The summed E-state index contributed by atoms with van der Waals surface area (Å²) in [6, 6.07) is 7.18. The van der Waals surface area contributed by atoms with Crippen LogP contribution in [-0.4, -0.2) is 37.6 Å². The van der Waals surface area contributed by atoms with Crippen molar-refractivity contribution < 1.29 is 58.9 Å². The molecule has 2 aliphatic rings. The highest BCUT2D eigenvalue weighted by atomic mass is 32.2. The molecule has 0 fully saturated rings. The van der Waals surface area contributed by atoms with Crippen LogP contribution in [0.1, 0.15) is 24.2 Å². The Labute approximate surface area is 261 Å². The van der Waals surface area contributed by atoms with Crippen molar-refractivity contribution in [2.45, 2.75) is 18.7 Å². The molecule has 1 aliphatic heterocycles. The molecule has 0 saturated heterocycles. The zero-order chi connectivity index (χ0) is 34.4. The van der Waals surface area contributed by atoms with E-state index in [2.05, 4.69) is 0 Å². The summed E-state index contributed by atoms with van der Waals surface area (Å²) in [5, 5.41) is 20.9. The minimum absolute atomic E-state index is 0.00548. The molecule has 12 nitrogen and oxygen atoms in total. The molecular formula is C30H19F4NO11S. The van der Waals surface area contributed by atoms with Gasteiger partial charge in [-0.25, -0.2) is 13.6 Å². The fourth-order valence-electron chi connectivity index (χ4n) is 4.80. The summed E-state index contributed by atoms with van der Waals surface area (Å²) in [6.45, 7) is 3.03. The number of hydrogen-bond acceptors (Lipinski definition) is 10. The summed E-state index contributed by atoms with van der Waals surface area (Å²) in [4.78, 5) is 33.6. The SMILES string of the molecule is CCOc1cc([N+](=O)[O-])c(S(=O)(=O)Oc2c(F)cc3c(-c4ccccc4C(=O)O)c4cc(F)c(=O)c(F)c-4oc3c2F)cc1OCC. The molecule has 5 rings (SSSR count). The van der Waals surface area contributed by atoms with Gasteiger partial charge in [0.25, 0.3) is 11.1 Å². The van der Waals surface area contributed by atoms with E-state index in [1.807, 2.05) is 0 Å². The Morgan fingerprint density at radius 1 is 0.936 bits per heavy atom. The average molecular weight is 678 g/mol. The number of nitrogens with zero attached hydrogens (tertiary/aromatic N) is 1. The van der Waals surface area contributed by atoms with Crippen molar-refractivity contribution in [3.63, 3.8) is 0 Å². The number of nitro groups is 1. The Hall–Kier alpha value is -5.71. The summed E-state index contributed by atoms with van der Waals surface area (Å²) < 4.78 is 109. The zero-order valence-electron chi connectivity index (χ0n) is 23.9. The van der Waals surface area contributed by atoms with E-state index < -0.39 is 99.5 Å². The Kier molecular flexibility index (Phi) is 8.51. The maximum Gasteiger partial charge on any atom is 0.346 e. The van der Waals surface area contributed by atoms with E-state index in [0.29, 0.717) is 24.3 Å². The van der Waals surface area contributed by atoms with Gasteiger partial charge in [0.15, 0.2) is 39.4 Å². The number of rotatable bonds is 10. The molecule has 1 aliphatic carbocycles. The Bertz CT molecular complexity index is 2250. The second-order valence-electron chi connectivity index (χ2n) is 9.51. The van der Waals surface area contributed by atoms with Crippen molar-refractivity contribution in [2.75, 3.05) is 13.2 Å². The molecule has 0 radical (unpaired) electrons. The number of aromatic carboxylic acids is 1. The van der Waals surface area contributed by atoms with E-state index in [0.717, 1.165) is 12.1 Å². The second kappa shape index (κ2) is 12.2. The van der Waals surface area contributed by atoms with Crippen LogP contribution in [0.15, 0.2) is 62.6 Å². The second-order valence-corrected chi connectivity index (χ2v) is 11.0. The lowest BCUT2D eigenvalue weighted by molar-refractivity contribution is -0.388. The fraction of sp³-hybridized carbons (Fsp3) is 0.133. The molecule has 3 aromatic rings. The third kappa shape index (κ3) is 5.65. The lowest BCUT2D eigenvalue weighted by Crippen LogP contribution is -2.16. The fourth-order valence-corrected chi connectivity index (χ4v) is 5.91. The molecule has 0 unspecified atom stereocenters. The lowest BCUT2D eigenvalue weighted by atomic mass is 9.90. The smallest absolute Gasteiger partial charge is 0.346 e. The normalized spacial score (nSPS) is 11.5. The average Bonchev–Trinajstić information content (AvgIpc) is 3.02. The number of carboxylic acids is 1. The summed E-state index contributed by atoms with van der Waals surface area (Å²) in [5.41, 5.74) is -5.91. The first-order valence-corrected chi connectivity index (χ1v) is 14.7. The van der Waals surface area contributed by atoms with Gasteiger partial charge in [-0.15, -0.1) is 0 Å². The molecule has 1 heterocycles. The maximum absolute atomic E-state index is 16.1. The number of hydrogen-bond donors (Lipinski definition) is 1. The van der Waals surface area contributed by atoms with Crippen LogP contribution in [0, 0.1) is 33.4 Å². The number of carbonyl (C=O) groups is 1. The minimum Gasteiger partial charge on any atom is -0.490 e. The molecule has 1 N–H and O–H groups in total. The lowest BCUT2D eigenvalue weighted by Gasteiger charge is -2.19. The van der Waals surface area contributed by atoms with E-state index in [4.69, 9.17) is 18.1 Å². The molecule has 0 aromatic heterocycles. The maximum atomic E-state index is 16.1. The molecule has 17 heteroatoms. The molecule has 0 spiro atoms. The van der Waals surface area contributed by atoms with E-state index in [1.165, 1.54) is 19.1 Å². The molecular weight excluding hydrogens is 658 g/mol. The monoisotopic (exact) mass is 677 g/mol. The molecule has 244 valence electrons. The molecule has 0 amide bonds. The highest BCUT2D eigenvalue weighted by Gasteiger charge is 2.35. The van der Waals surface area contributed by atoms with Crippen LogP contribution >= 0.6 is 0 Å². The molecule has 0 atom stereocenters. The van der Waals surface area contributed by atoms with Gasteiger partial charge in [0, 0.05) is 22.6 Å². The van der Waals surface area contributed by atoms with E-state index in [-0.39, 0.29) is 30.3 Å². The molecule has 0 bridgehead atoms. The Balaban J connectivity index is 1.81. The van der Waals surface area contributed by atoms with Crippen LogP contribution in [0.25, 0.3) is 33.4 Å². The van der Waals surface area contributed by atoms with Gasteiger partial charge >= 0.3 is 16.1 Å². The number of benzene rings is 4. The van der Waals surface area contributed by atoms with Gasteiger partial charge in [-0.3, -0.25) is 14.9 Å². The highest BCUT2D eigenvalue weighted by Crippen LogP contribution is 2.46. The summed E-state index contributed by atoms with van der Waals surface area (Å²) in [7, 11) is -5.47. The molecule has 3 aromatic carbocycles. The van der Waals surface area contributed by atoms with Crippen LogP contribution in [0.3, 0.4) is 0 Å². The predicted molar refractivity (Wildman–Crippen MR) is 155 cm³/mol. The van der Waals surface area contributed by atoms with Crippen molar-refractivity contribution in [2.24, 2.45) is 0 Å². The third-order valence-corrected chi connectivity index (χ3v) is 7.97. The van der Waals surface area contributed by atoms with Crippen LogP contribution < -0.4 is 19.1 Å². The standard InChI is InChI=1S/C30H19F4NO11S/c1-3-43-20-11-19(35(39)40)22(12-21(20)44-4-2)47(41,42)46-29-18(32)10-16-23(13-7-5-6-8-14(13)30(37)38)15-9-17(31)26(36)24(33)27(15)45-28(16)25(29)34/h5-12H,3-4H2,1-2H3,(H,37,38). The van der Waals surface area contributed by atoms with Crippen LogP contribution in [0.2, 0.25) is 0 Å². The summed E-state index contributed by atoms with van der Waals surface area (Å²) in [6.07, 6.45) is 0. The van der Waals surface area contributed by atoms with Gasteiger partial charge in [0.1, 0.15) is 0 Å². The summed E-state index contributed by atoms with van der Waals surface area (Å²) in [5.74, 6) is -12.0. The first kappa shape index (κ1) is 32.7. The van der Waals surface area contributed by atoms with Gasteiger partial charge < -0.3 is 23.2 Å². The Morgan fingerprint density at radius 3 is 2.19 bits per heavy atom. The number of carboxylic acid groups (broad SMARTS) is 1. The van der Waals surface area contributed by atoms with E-state index >= 15 is 13.2 Å². The van der Waals surface area contributed by atoms with Crippen molar-refractivity contribution >= 4 is 32.7 Å². The van der Waals surface area contributed by atoms with Crippen LogP contribution in [0.4, 0.5) is 23.2 Å². The van der Waals surface area contributed by atoms with E-state index in [1.54, 1.807) is 6.92 Å². The van der Waals surface area contributed by atoms with Crippen LogP contribution in [-0.2, 0) is 10.1 Å². The quantitative estimate of drug-likeness (QED) is 0.0579. The number of ether oxygens (including phenoxy) is 2. The predicted octanol–water partition coefficient (Wildman–Crippen LogP) is 6.29. The number of fused-ring (bicyclic) bond motifs is 2. The largest absolute Gasteiger partial charge is 0.490 e. The topological polar surface area (TPSA) is 172 Å². The summed E-state index contributed by atoms with van der Waals surface area (Å²) >= 11 is 0. The minimum atomic E-state index is -5.47. The van der Waals surface area contributed by atoms with E-state index in [9.17, 15) is 37.6 Å². The third-order valence-electron chi connectivity index (χ3n) is 6.72. The molecule has 0 saturated carbocycles.